The van der Waals surface area contributed by atoms with Gasteiger partial charge in [-0.2, -0.15) is 0 Å². The molecular weight excluding hydrogens is 404 g/mol. The second-order valence-electron chi connectivity index (χ2n) is 9.57. The fraction of sp³-hybridized carbons (Fsp3) is 0.500. The molecule has 1 unspecified atom stereocenters. The van der Waals surface area contributed by atoms with Crippen molar-refractivity contribution in [1.29, 1.82) is 0 Å². The number of hydrogen-bond acceptors (Lipinski definition) is 4. The zero-order valence-corrected chi connectivity index (χ0v) is 20.5. The second kappa shape index (κ2) is 10.1. The minimum absolute atomic E-state index is 0.0244. The lowest BCUT2D eigenvalue weighted by Gasteiger charge is -2.43. The molecule has 31 heavy (non-hydrogen) atoms. The minimum Gasteiger partial charge on any atom is -0.436 e. The molecule has 0 radical (unpaired) electrons. The Hall–Kier alpha value is -1.95. The van der Waals surface area contributed by atoms with Gasteiger partial charge in [-0.3, -0.25) is 4.79 Å². The van der Waals surface area contributed by atoms with E-state index in [2.05, 4.69) is 88.4 Å². The van der Waals surface area contributed by atoms with Gasteiger partial charge in [-0.05, 0) is 34.2 Å². The van der Waals surface area contributed by atoms with Gasteiger partial charge < -0.3 is 13.9 Å². The molecular formula is C26H36O4Si. The zero-order valence-electron chi connectivity index (χ0n) is 19.5. The third-order valence-corrected chi connectivity index (χ3v) is 11.3. The molecule has 168 valence electrons. The molecule has 0 aromatic heterocycles. The van der Waals surface area contributed by atoms with Crippen LogP contribution in [0.4, 0.5) is 0 Å². The van der Waals surface area contributed by atoms with E-state index in [0.717, 1.165) is 19.3 Å². The van der Waals surface area contributed by atoms with Gasteiger partial charge >= 0.3 is 5.97 Å². The van der Waals surface area contributed by atoms with Crippen LogP contribution in [-0.2, 0) is 18.7 Å². The molecule has 1 heterocycles. The normalized spacial score (nSPS) is 22.2. The zero-order chi connectivity index (χ0) is 22.5. The van der Waals surface area contributed by atoms with Crippen molar-refractivity contribution >= 4 is 24.7 Å². The van der Waals surface area contributed by atoms with E-state index in [-0.39, 0.29) is 17.1 Å². The van der Waals surface area contributed by atoms with Crippen LogP contribution < -0.4 is 10.4 Å². The van der Waals surface area contributed by atoms with Crippen molar-refractivity contribution in [3.05, 3.63) is 60.7 Å². The average Bonchev–Trinajstić information content (AvgIpc) is 2.73. The molecule has 0 aliphatic carbocycles. The number of esters is 1. The lowest BCUT2D eigenvalue weighted by molar-refractivity contribution is -0.211. The number of rotatable bonds is 7. The first-order chi connectivity index (χ1) is 14.7. The lowest BCUT2D eigenvalue weighted by Crippen LogP contribution is -2.66. The molecule has 0 spiro atoms. The SMILES string of the molecule is CC(=O)OC1CC[C@H](C)[C@@H](CCO[Si](c2ccccc2)(c2ccccc2)C(C)(C)C)O1. The molecule has 2 aromatic rings. The van der Waals surface area contributed by atoms with E-state index in [4.69, 9.17) is 13.9 Å². The summed E-state index contributed by atoms with van der Waals surface area (Å²) in [5.74, 6) is 0.122. The number of ether oxygens (including phenoxy) is 2. The van der Waals surface area contributed by atoms with Crippen LogP contribution in [0.3, 0.4) is 0 Å². The van der Waals surface area contributed by atoms with Crippen molar-refractivity contribution in [3.8, 4) is 0 Å². The predicted octanol–water partition coefficient (Wildman–Crippen LogP) is 4.66. The first kappa shape index (κ1) is 23.7. The highest BCUT2D eigenvalue weighted by molar-refractivity contribution is 6.99. The fourth-order valence-corrected chi connectivity index (χ4v) is 9.28. The van der Waals surface area contributed by atoms with E-state index in [0.29, 0.717) is 12.5 Å². The van der Waals surface area contributed by atoms with Gasteiger partial charge in [-0.15, -0.1) is 0 Å². The fourth-order valence-electron chi connectivity index (χ4n) is 4.70. The van der Waals surface area contributed by atoms with Gasteiger partial charge in [0, 0.05) is 20.0 Å². The minimum atomic E-state index is -2.54. The largest absolute Gasteiger partial charge is 0.436 e. The summed E-state index contributed by atoms with van der Waals surface area (Å²) >= 11 is 0. The Balaban J connectivity index is 1.84. The van der Waals surface area contributed by atoms with E-state index < -0.39 is 14.6 Å². The highest BCUT2D eigenvalue weighted by Gasteiger charge is 2.50. The highest BCUT2D eigenvalue weighted by atomic mass is 28.4. The molecule has 0 N–H and O–H groups in total. The smallest absolute Gasteiger partial charge is 0.304 e. The third-order valence-electron chi connectivity index (χ3n) is 6.25. The molecule has 1 aliphatic heterocycles. The van der Waals surface area contributed by atoms with Crippen LogP contribution in [-0.4, -0.2) is 33.3 Å². The Morgan fingerprint density at radius 2 is 1.55 bits per heavy atom. The summed E-state index contributed by atoms with van der Waals surface area (Å²) in [6.45, 7) is 11.1. The van der Waals surface area contributed by atoms with Crippen LogP contribution in [0.5, 0.6) is 0 Å². The summed E-state index contributed by atoms with van der Waals surface area (Å²) in [6.07, 6.45) is 2.11. The Morgan fingerprint density at radius 1 is 1.00 bits per heavy atom. The molecule has 1 fully saturated rings. The summed E-state index contributed by atoms with van der Waals surface area (Å²) in [5.41, 5.74) is 0. The van der Waals surface area contributed by atoms with Crippen LogP contribution in [0, 0.1) is 5.92 Å². The molecule has 3 rings (SSSR count). The van der Waals surface area contributed by atoms with Crippen molar-refractivity contribution in [2.24, 2.45) is 5.92 Å². The van der Waals surface area contributed by atoms with Crippen molar-refractivity contribution in [1.82, 2.24) is 0 Å². The van der Waals surface area contributed by atoms with Crippen molar-refractivity contribution in [2.45, 2.75) is 71.3 Å². The number of carbonyl (C=O) groups excluding carboxylic acids is 1. The van der Waals surface area contributed by atoms with Gasteiger partial charge in [0.1, 0.15) is 0 Å². The average molecular weight is 441 g/mol. The van der Waals surface area contributed by atoms with Crippen molar-refractivity contribution in [3.63, 3.8) is 0 Å². The maximum Gasteiger partial charge on any atom is 0.304 e. The molecule has 1 saturated heterocycles. The van der Waals surface area contributed by atoms with E-state index in [1.807, 2.05) is 0 Å². The lowest BCUT2D eigenvalue weighted by atomic mass is 9.94. The van der Waals surface area contributed by atoms with Crippen LogP contribution in [0.1, 0.15) is 53.9 Å². The quantitative estimate of drug-likeness (QED) is 0.464. The molecule has 1 aliphatic rings. The number of carbonyl (C=O) groups is 1. The van der Waals surface area contributed by atoms with Crippen LogP contribution in [0.15, 0.2) is 60.7 Å². The Labute approximate surface area is 188 Å². The summed E-state index contributed by atoms with van der Waals surface area (Å²) in [7, 11) is -2.54. The maximum absolute atomic E-state index is 11.3. The van der Waals surface area contributed by atoms with Crippen LogP contribution in [0.25, 0.3) is 0 Å². The maximum atomic E-state index is 11.3. The molecule has 0 amide bonds. The molecule has 5 heteroatoms. The van der Waals surface area contributed by atoms with Gasteiger partial charge in [-0.25, -0.2) is 0 Å². The van der Waals surface area contributed by atoms with E-state index >= 15 is 0 Å². The first-order valence-electron chi connectivity index (χ1n) is 11.3. The van der Waals surface area contributed by atoms with E-state index in [9.17, 15) is 4.79 Å². The first-order valence-corrected chi connectivity index (χ1v) is 13.2. The molecule has 3 atom stereocenters. The van der Waals surface area contributed by atoms with E-state index in [1.54, 1.807) is 0 Å². The summed E-state index contributed by atoms with van der Waals surface area (Å²) in [5, 5.41) is 2.52. The van der Waals surface area contributed by atoms with Gasteiger partial charge in [0.2, 0.25) is 6.29 Å². The van der Waals surface area contributed by atoms with Gasteiger partial charge in [0.05, 0.1) is 6.10 Å². The van der Waals surface area contributed by atoms with Crippen molar-refractivity contribution < 1.29 is 18.7 Å². The predicted molar refractivity (Wildman–Crippen MR) is 127 cm³/mol. The highest BCUT2D eigenvalue weighted by Crippen LogP contribution is 2.37. The molecule has 0 bridgehead atoms. The Kier molecular flexibility index (Phi) is 7.73. The third kappa shape index (κ3) is 5.46. The van der Waals surface area contributed by atoms with Gasteiger partial charge in [-0.1, -0.05) is 88.4 Å². The van der Waals surface area contributed by atoms with Gasteiger partial charge in [0.15, 0.2) is 0 Å². The summed E-state index contributed by atoms with van der Waals surface area (Å²) in [6, 6.07) is 21.4. The Bertz CT molecular complexity index is 792. The van der Waals surface area contributed by atoms with Crippen LogP contribution in [0.2, 0.25) is 5.04 Å². The molecule has 0 saturated carbocycles. The van der Waals surface area contributed by atoms with Crippen molar-refractivity contribution in [2.75, 3.05) is 6.61 Å². The second-order valence-corrected chi connectivity index (χ2v) is 13.9. The number of hydrogen-bond donors (Lipinski definition) is 0. The molecule has 4 nitrogen and oxygen atoms in total. The Morgan fingerprint density at radius 3 is 2.03 bits per heavy atom. The monoisotopic (exact) mass is 440 g/mol. The van der Waals surface area contributed by atoms with E-state index in [1.165, 1.54) is 17.3 Å². The summed E-state index contributed by atoms with van der Waals surface area (Å²) in [4.78, 5) is 11.3. The van der Waals surface area contributed by atoms with Crippen LogP contribution >= 0.6 is 0 Å². The van der Waals surface area contributed by atoms with Gasteiger partial charge in [0.25, 0.3) is 8.32 Å². The molecule has 2 aromatic carbocycles. The number of benzene rings is 2. The summed E-state index contributed by atoms with van der Waals surface area (Å²) < 4.78 is 18.4. The standard InChI is InChI=1S/C26H36O4Si/c1-20-16-17-25(29-21(2)27)30-24(20)18-19-28-31(26(3,4)5,22-12-8-6-9-13-22)23-14-10-7-11-15-23/h6-15,20,24-25H,16-19H2,1-5H3/t20-,24+,25?/m0/s1. The topological polar surface area (TPSA) is 44.8 Å².